The molecule has 0 aliphatic carbocycles. The summed E-state index contributed by atoms with van der Waals surface area (Å²) in [4.78, 5) is 13.9. The zero-order valence-electron chi connectivity index (χ0n) is 13.4. The molecule has 4 heteroatoms. The Kier molecular flexibility index (Phi) is 6.53. The Morgan fingerprint density at radius 3 is 2.75 bits per heavy atom. The molecule has 1 rings (SSSR count). The number of rotatable bonds is 4. The zero-order valence-corrected chi connectivity index (χ0v) is 13.4. The van der Waals surface area contributed by atoms with Gasteiger partial charge < -0.3 is 15.0 Å². The first-order chi connectivity index (χ1) is 9.31. The second-order valence-corrected chi connectivity index (χ2v) is 6.69. The van der Waals surface area contributed by atoms with Crippen molar-refractivity contribution < 1.29 is 9.53 Å². The Bertz CT molecular complexity index is 323. The van der Waals surface area contributed by atoms with Gasteiger partial charge in [-0.15, -0.1) is 6.58 Å². The van der Waals surface area contributed by atoms with Gasteiger partial charge in [-0.3, -0.25) is 0 Å². The smallest absolute Gasteiger partial charge is 0.410 e. The monoisotopic (exact) mass is 282 g/mol. The van der Waals surface area contributed by atoms with E-state index >= 15 is 0 Å². The molecule has 1 saturated heterocycles. The molecule has 1 N–H and O–H groups in total. The lowest BCUT2D eigenvalue weighted by atomic mass is 10.1. The van der Waals surface area contributed by atoms with E-state index in [2.05, 4.69) is 18.8 Å². The normalized spacial score (nSPS) is 22.0. The number of nitrogens with one attached hydrogen (secondary N) is 1. The van der Waals surface area contributed by atoms with E-state index in [1.54, 1.807) is 0 Å². The second kappa shape index (κ2) is 7.67. The summed E-state index contributed by atoms with van der Waals surface area (Å²) in [7, 11) is 0. The lowest BCUT2D eigenvalue weighted by Gasteiger charge is -2.26. The van der Waals surface area contributed by atoms with Crippen LogP contribution >= 0.6 is 0 Å². The van der Waals surface area contributed by atoms with Crippen LogP contribution in [-0.4, -0.2) is 41.8 Å². The molecule has 1 amide bonds. The number of hydrogen-bond donors (Lipinski definition) is 1. The lowest BCUT2D eigenvalue weighted by Crippen LogP contribution is -2.39. The predicted octanol–water partition coefficient (Wildman–Crippen LogP) is 3.33. The van der Waals surface area contributed by atoms with Crippen molar-refractivity contribution in [3.05, 3.63) is 12.7 Å². The maximum absolute atomic E-state index is 12.1. The van der Waals surface area contributed by atoms with Gasteiger partial charge in [0, 0.05) is 25.2 Å². The van der Waals surface area contributed by atoms with E-state index in [1.807, 2.05) is 31.7 Å². The van der Waals surface area contributed by atoms with Gasteiger partial charge in [0.05, 0.1) is 0 Å². The van der Waals surface area contributed by atoms with Crippen LogP contribution in [0, 0.1) is 0 Å². The highest BCUT2D eigenvalue weighted by Crippen LogP contribution is 2.16. The Labute approximate surface area is 123 Å². The Morgan fingerprint density at radius 2 is 2.15 bits per heavy atom. The average Bonchev–Trinajstić information content (AvgIpc) is 2.52. The molecule has 0 bridgehead atoms. The molecular formula is C16H30N2O2. The molecule has 2 atom stereocenters. The number of nitrogens with zero attached hydrogens (tertiary/aromatic N) is 1. The van der Waals surface area contributed by atoms with Gasteiger partial charge in [0.2, 0.25) is 0 Å². The van der Waals surface area contributed by atoms with E-state index in [1.165, 1.54) is 0 Å². The van der Waals surface area contributed by atoms with Crippen LogP contribution in [0.5, 0.6) is 0 Å². The first-order valence-corrected chi connectivity index (χ1v) is 7.66. The van der Waals surface area contributed by atoms with Crippen LogP contribution in [-0.2, 0) is 4.74 Å². The van der Waals surface area contributed by atoms with Gasteiger partial charge in [-0.1, -0.05) is 6.08 Å². The van der Waals surface area contributed by atoms with E-state index in [0.29, 0.717) is 12.1 Å². The minimum atomic E-state index is -0.417. The highest BCUT2D eigenvalue weighted by molar-refractivity contribution is 5.68. The Balaban J connectivity index is 2.42. The van der Waals surface area contributed by atoms with Crippen molar-refractivity contribution in [1.29, 1.82) is 0 Å². The molecule has 0 spiro atoms. The highest BCUT2D eigenvalue weighted by Gasteiger charge is 2.25. The topological polar surface area (TPSA) is 41.6 Å². The first-order valence-electron chi connectivity index (χ1n) is 7.66. The molecule has 0 radical (unpaired) electrons. The molecule has 0 aromatic rings. The standard InChI is InChI=1S/C16H30N2O2/c1-6-8-13(2)17-14-9-7-11-18(12-10-14)15(19)20-16(3,4)5/h6,13-14,17H,1,7-12H2,2-5H3/t13-,14+/m1/s1. The summed E-state index contributed by atoms with van der Waals surface area (Å²) < 4.78 is 5.44. The molecular weight excluding hydrogens is 252 g/mol. The molecule has 0 saturated carbocycles. The Morgan fingerprint density at radius 1 is 1.45 bits per heavy atom. The SMILES string of the molecule is C=CC[C@@H](C)N[C@H]1CCCN(C(=O)OC(C)(C)C)CC1. The maximum atomic E-state index is 12.1. The fraction of sp³-hybridized carbons (Fsp3) is 0.812. The number of amides is 1. The number of likely N-dealkylation sites (tertiary alicyclic amines) is 1. The van der Waals surface area contributed by atoms with Crippen molar-refractivity contribution in [1.82, 2.24) is 10.2 Å². The van der Waals surface area contributed by atoms with E-state index in [-0.39, 0.29) is 6.09 Å². The minimum Gasteiger partial charge on any atom is -0.444 e. The molecule has 0 aromatic heterocycles. The number of carbonyl (C=O) groups excluding carboxylic acids is 1. The molecule has 0 unspecified atom stereocenters. The van der Waals surface area contributed by atoms with Gasteiger partial charge in [-0.2, -0.15) is 0 Å². The molecule has 116 valence electrons. The van der Waals surface area contributed by atoms with Crippen molar-refractivity contribution >= 4 is 6.09 Å². The third-order valence-electron chi connectivity index (χ3n) is 3.42. The van der Waals surface area contributed by atoms with Crippen molar-refractivity contribution in [2.24, 2.45) is 0 Å². The number of carbonyl (C=O) groups is 1. The lowest BCUT2D eigenvalue weighted by molar-refractivity contribution is 0.0256. The second-order valence-electron chi connectivity index (χ2n) is 6.69. The number of ether oxygens (including phenoxy) is 1. The molecule has 0 aromatic carbocycles. The van der Waals surface area contributed by atoms with Gasteiger partial charge >= 0.3 is 6.09 Å². The van der Waals surface area contributed by atoms with Gasteiger partial charge in [0.1, 0.15) is 5.60 Å². The molecule has 1 heterocycles. The predicted molar refractivity (Wildman–Crippen MR) is 82.9 cm³/mol. The van der Waals surface area contributed by atoms with Crippen LogP contribution in [0.4, 0.5) is 4.79 Å². The minimum absolute atomic E-state index is 0.183. The third-order valence-corrected chi connectivity index (χ3v) is 3.42. The summed E-state index contributed by atoms with van der Waals surface area (Å²) in [5.74, 6) is 0. The van der Waals surface area contributed by atoms with E-state index in [0.717, 1.165) is 38.8 Å². The molecule has 1 aliphatic heterocycles. The fourth-order valence-corrected chi connectivity index (χ4v) is 2.49. The van der Waals surface area contributed by atoms with Gasteiger partial charge in [-0.05, 0) is 53.4 Å². The van der Waals surface area contributed by atoms with Crippen molar-refractivity contribution in [2.75, 3.05) is 13.1 Å². The largest absolute Gasteiger partial charge is 0.444 e. The molecule has 1 aliphatic rings. The van der Waals surface area contributed by atoms with Crippen LogP contribution in [0.2, 0.25) is 0 Å². The summed E-state index contributed by atoms with van der Waals surface area (Å²) in [6, 6.07) is 0.933. The van der Waals surface area contributed by atoms with Crippen LogP contribution < -0.4 is 5.32 Å². The Hall–Kier alpha value is -1.03. The first kappa shape index (κ1) is 17.0. The van der Waals surface area contributed by atoms with E-state index in [9.17, 15) is 4.79 Å². The van der Waals surface area contributed by atoms with Crippen LogP contribution in [0.25, 0.3) is 0 Å². The third kappa shape index (κ3) is 6.42. The number of hydrogen-bond acceptors (Lipinski definition) is 3. The summed E-state index contributed by atoms with van der Waals surface area (Å²) in [6.45, 7) is 13.2. The van der Waals surface area contributed by atoms with Gasteiger partial charge in [-0.25, -0.2) is 4.79 Å². The molecule has 20 heavy (non-hydrogen) atoms. The highest BCUT2D eigenvalue weighted by atomic mass is 16.6. The van der Waals surface area contributed by atoms with E-state index < -0.39 is 5.60 Å². The van der Waals surface area contributed by atoms with Crippen molar-refractivity contribution in [3.63, 3.8) is 0 Å². The summed E-state index contributed by atoms with van der Waals surface area (Å²) in [5, 5.41) is 3.62. The zero-order chi connectivity index (χ0) is 15.2. The maximum Gasteiger partial charge on any atom is 0.410 e. The summed E-state index contributed by atoms with van der Waals surface area (Å²) in [5.41, 5.74) is -0.417. The van der Waals surface area contributed by atoms with Gasteiger partial charge in [0.15, 0.2) is 0 Å². The van der Waals surface area contributed by atoms with E-state index in [4.69, 9.17) is 4.74 Å². The fourth-order valence-electron chi connectivity index (χ4n) is 2.49. The van der Waals surface area contributed by atoms with Crippen LogP contribution in [0.1, 0.15) is 53.4 Å². The molecule has 4 nitrogen and oxygen atoms in total. The van der Waals surface area contributed by atoms with Crippen molar-refractivity contribution in [3.8, 4) is 0 Å². The average molecular weight is 282 g/mol. The quantitative estimate of drug-likeness (QED) is 0.804. The van der Waals surface area contributed by atoms with Crippen LogP contribution in [0.3, 0.4) is 0 Å². The summed E-state index contributed by atoms with van der Waals surface area (Å²) >= 11 is 0. The van der Waals surface area contributed by atoms with Gasteiger partial charge in [0.25, 0.3) is 0 Å². The van der Waals surface area contributed by atoms with Crippen molar-refractivity contribution in [2.45, 2.75) is 71.1 Å². The summed E-state index contributed by atoms with van der Waals surface area (Å²) in [6.07, 6.45) is 5.87. The van der Waals surface area contributed by atoms with Crippen LogP contribution in [0.15, 0.2) is 12.7 Å². The molecule has 1 fully saturated rings.